The number of Topliss-reactive ketones (excluding diaryl/α,β-unsaturated/α-hetero) is 2. The summed E-state index contributed by atoms with van der Waals surface area (Å²) in [6.45, 7) is 3.95. The van der Waals surface area contributed by atoms with Gasteiger partial charge >= 0.3 is 0 Å². The van der Waals surface area contributed by atoms with Gasteiger partial charge in [0.1, 0.15) is 17.4 Å². The van der Waals surface area contributed by atoms with Crippen molar-refractivity contribution in [2.24, 2.45) is 11.7 Å². The summed E-state index contributed by atoms with van der Waals surface area (Å²) in [7, 11) is 0. The molecule has 0 fully saturated rings. The Kier molecular flexibility index (Phi) is 5.92. The number of ketones is 2. The van der Waals surface area contributed by atoms with Crippen molar-refractivity contribution in [1.82, 2.24) is 10.6 Å². The van der Waals surface area contributed by atoms with E-state index in [1.54, 1.807) is 6.20 Å². The average molecular weight is 409 g/mol. The highest BCUT2D eigenvalue weighted by Gasteiger charge is 2.55. The molecule has 2 atom stereocenters. The van der Waals surface area contributed by atoms with Gasteiger partial charge in [-0.05, 0) is 17.9 Å². The van der Waals surface area contributed by atoms with Crippen LogP contribution < -0.4 is 16.4 Å². The van der Waals surface area contributed by atoms with Crippen LogP contribution in [0.15, 0.2) is 53.9 Å². The zero-order valence-corrected chi connectivity index (χ0v) is 17.2. The summed E-state index contributed by atoms with van der Waals surface area (Å²) < 4.78 is 0. The number of nitrogens with two attached hydrogens (primary N) is 1. The molecule has 2 unspecified atom stereocenters. The van der Waals surface area contributed by atoms with Crippen molar-refractivity contribution in [3.05, 3.63) is 59.4 Å². The quantitative estimate of drug-likeness (QED) is 0.530. The highest BCUT2D eigenvalue weighted by Crippen LogP contribution is 2.39. The van der Waals surface area contributed by atoms with E-state index in [1.165, 1.54) is 6.20 Å². The molecule has 0 aliphatic carbocycles. The summed E-state index contributed by atoms with van der Waals surface area (Å²) in [4.78, 5) is 49.9. The minimum atomic E-state index is -1.35. The molecule has 158 valence electrons. The first-order chi connectivity index (χ1) is 14.2. The van der Waals surface area contributed by atoms with Crippen molar-refractivity contribution in [2.75, 3.05) is 0 Å². The van der Waals surface area contributed by atoms with Gasteiger partial charge in [-0.1, -0.05) is 44.2 Å². The van der Waals surface area contributed by atoms with Crippen LogP contribution in [-0.4, -0.2) is 34.8 Å². The van der Waals surface area contributed by atoms with Gasteiger partial charge in [0.25, 0.3) is 0 Å². The summed E-state index contributed by atoms with van der Waals surface area (Å²) >= 11 is 0. The van der Waals surface area contributed by atoms with E-state index in [2.05, 4.69) is 10.6 Å². The van der Waals surface area contributed by atoms with Crippen LogP contribution in [0.5, 0.6) is 0 Å². The van der Waals surface area contributed by atoms with Crippen LogP contribution in [0, 0.1) is 5.92 Å². The monoisotopic (exact) mass is 409 g/mol. The van der Waals surface area contributed by atoms with E-state index in [-0.39, 0.29) is 47.9 Å². The molecule has 0 bridgehead atoms. The SMILES string of the molecule is CC(C)CC1(CC=O)NC=C(C2(Cc3ccccc3)NC=C(CC(N)=O)C2=O)C1=O. The van der Waals surface area contributed by atoms with Gasteiger partial charge in [0.05, 0.1) is 6.42 Å². The predicted octanol–water partition coefficient (Wildman–Crippen LogP) is 1.33. The van der Waals surface area contributed by atoms with Crippen LogP contribution in [-0.2, 0) is 25.6 Å². The number of hydrogen-bond acceptors (Lipinski definition) is 6. The van der Waals surface area contributed by atoms with E-state index in [0.717, 1.165) is 11.8 Å². The predicted molar refractivity (Wildman–Crippen MR) is 112 cm³/mol. The molecule has 1 aromatic rings. The number of carbonyl (C=O) groups is 4. The highest BCUT2D eigenvalue weighted by atomic mass is 16.2. The van der Waals surface area contributed by atoms with Gasteiger partial charge in [-0.3, -0.25) is 14.4 Å². The maximum absolute atomic E-state index is 13.6. The molecule has 2 aliphatic rings. The largest absolute Gasteiger partial charge is 0.378 e. The minimum absolute atomic E-state index is 0.0151. The number of hydrogen-bond donors (Lipinski definition) is 3. The molecule has 7 nitrogen and oxygen atoms in total. The van der Waals surface area contributed by atoms with Gasteiger partial charge < -0.3 is 21.2 Å². The molecule has 2 heterocycles. The van der Waals surface area contributed by atoms with Gasteiger partial charge in [0, 0.05) is 36.4 Å². The molecule has 2 aliphatic heterocycles. The Morgan fingerprint density at radius 2 is 1.80 bits per heavy atom. The van der Waals surface area contributed by atoms with Crippen LogP contribution in [0.3, 0.4) is 0 Å². The molecular formula is C23H27N3O4. The third-order valence-electron chi connectivity index (χ3n) is 5.67. The molecule has 0 radical (unpaired) electrons. The molecule has 0 saturated heterocycles. The lowest BCUT2D eigenvalue weighted by Crippen LogP contribution is -2.55. The van der Waals surface area contributed by atoms with Crippen LogP contribution >= 0.6 is 0 Å². The Balaban J connectivity index is 2.02. The van der Waals surface area contributed by atoms with Gasteiger partial charge in [-0.25, -0.2) is 0 Å². The van der Waals surface area contributed by atoms with Crippen molar-refractivity contribution in [1.29, 1.82) is 0 Å². The maximum Gasteiger partial charge on any atom is 0.222 e. The van der Waals surface area contributed by atoms with Crippen molar-refractivity contribution in [3.63, 3.8) is 0 Å². The second-order valence-corrected chi connectivity index (χ2v) is 8.44. The maximum atomic E-state index is 13.6. The van der Waals surface area contributed by atoms with Crippen LogP contribution in [0.4, 0.5) is 0 Å². The topological polar surface area (TPSA) is 118 Å². The molecular weight excluding hydrogens is 382 g/mol. The molecule has 4 N–H and O–H groups in total. The average Bonchev–Trinajstić information content (AvgIpc) is 3.15. The summed E-state index contributed by atoms with van der Waals surface area (Å²) in [5, 5.41) is 6.21. The zero-order chi connectivity index (χ0) is 21.9. The Morgan fingerprint density at radius 1 is 1.10 bits per heavy atom. The van der Waals surface area contributed by atoms with Crippen molar-refractivity contribution < 1.29 is 19.2 Å². The number of amides is 1. The Hall–Kier alpha value is -3.22. The van der Waals surface area contributed by atoms with Gasteiger partial charge in [0.2, 0.25) is 5.91 Å². The van der Waals surface area contributed by atoms with Crippen molar-refractivity contribution in [3.8, 4) is 0 Å². The van der Waals surface area contributed by atoms with E-state index >= 15 is 0 Å². The van der Waals surface area contributed by atoms with Gasteiger partial charge in [-0.15, -0.1) is 0 Å². The normalized spacial score (nSPS) is 25.6. The second-order valence-electron chi connectivity index (χ2n) is 8.44. The smallest absolute Gasteiger partial charge is 0.222 e. The third kappa shape index (κ3) is 3.79. The molecule has 3 rings (SSSR count). The molecule has 1 aromatic carbocycles. The Labute approximate surface area is 175 Å². The molecule has 1 amide bonds. The van der Waals surface area contributed by atoms with E-state index in [9.17, 15) is 19.2 Å². The molecule has 7 heteroatoms. The van der Waals surface area contributed by atoms with Crippen LogP contribution in [0.2, 0.25) is 0 Å². The number of carbonyl (C=O) groups excluding carboxylic acids is 4. The van der Waals surface area contributed by atoms with Crippen LogP contribution in [0.1, 0.15) is 38.7 Å². The first-order valence-corrected chi connectivity index (χ1v) is 10.0. The third-order valence-corrected chi connectivity index (χ3v) is 5.67. The van der Waals surface area contributed by atoms with E-state index in [1.807, 2.05) is 44.2 Å². The Bertz CT molecular complexity index is 935. The second kappa shape index (κ2) is 8.26. The molecule has 30 heavy (non-hydrogen) atoms. The zero-order valence-electron chi connectivity index (χ0n) is 17.2. The fourth-order valence-corrected chi connectivity index (χ4v) is 4.41. The van der Waals surface area contributed by atoms with E-state index in [4.69, 9.17) is 5.73 Å². The fourth-order valence-electron chi connectivity index (χ4n) is 4.41. The standard InChI is InChI=1S/C23H27N3O4/c1-15(2)11-22(8-9-27)21(30)18(14-25-22)23(12-16-6-4-3-5-7-16)20(29)17(13-26-23)10-19(24)28/h3-7,9,13-15,25-26H,8,10-12H2,1-2H3,(H2,24,28). The fraction of sp³-hybridized carbons (Fsp3) is 0.391. The lowest BCUT2D eigenvalue weighted by atomic mass is 9.73. The van der Waals surface area contributed by atoms with Crippen molar-refractivity contribution >= 4 is 23.8 Å². The first-order valence-electron chi connectivity index (χ1n) is 10.0. The molecule has 0 aromatic heterocycles. The van der Waals surface area contributed by atoms with Crippen molar-refractivity contribution in [2.45, 2.75) is 50.6 Å². The molecule has 0 saturated carbocycles. The number of nitrogens with one attached hydrogen (secondary N) is 2. The van der Waals surface area contributed by atoms with Gasteiger partial charge in [0.15, 0.2) is 11.6 Å². The molecule has 0 spiro atoms. The lowest BCUT2D eigenvalue weighted by Gasteiger charge is -2.33. The number of benzene rings is 1. The summed E-state index contributed by atoms with van der Waals surface area (Å²) in [5.41, 5.74) is 4.26. The highest BCUT2D eigenvalue weighted by molar-refractivity contribution is 6.19. The van der Waals surface area contributed by atoms with Gasteiger partial charge in [-0.2, -0.15) is 0 Å². The number of rotatable bonds is 9. The lowest BCUT2D eigenvalue weighted by molar-refractivity contribution is -0.126. The van der Waals surface area contributed by atoms with Crippen LogP contribution in [0.25, 0.3) is 0 Å². The summed E-state index contributed by atoms with van der Waals surface area (Å²) in [6, 6.07) is 9.35. The summed E-state index contributed by atoms with van der Waals surface area (Å²) in [6.07, 6.45) is 4.26. The minimum Gasteiger partial charge on any atom is -0.378 e. The Morgan fingerprint density at radius 3 is 2.40 bits per heavy atom. The number of primary amides is 1. The first kappa shape index (κ1) is 21.5. The van der Waals surface area contributed by atoms with E-state index < -0.39 is 17.0 Å². The van der Waals surface area contributed by atoms with E-state index in [0.29, 0.717) is 6.42 Å². The number of aldehydes is 1. The summed E-state index contributed by atoms with van der Waals surface area (Å²) in [5.74, 6) is -1.08.